The average Bonchev–Trinajstić information content (AvgIpc) is 3.16. The number of carbonyl (C=O) groups is 1. The van der Waals surface area contributed by atoms with E-state index in [4.69, 9.17) is 16.3 Å². The Morgan fingerprint density at radius 3 is 2.60 bits per heavy atom. The van der Waals surface area contributed by atoms with Crippen molar-refractivity contribution in [1.29, 1.82) is 0 Å². The number of ether oxygens (including phenoxy) is 1. The second-order valence-electron chi connectivity index (χ2n) is 6.90. The van der Waals surface area contributed by atoms with E-state index in [0.717, 1.165) is 30.0 Å². The standard InChI is InChI=1S/C21H22ClN5O2S/c1-3-4-17-24-25-21-27(17)26-18(13-5-7-14(22)8-6-13)19(30-21)20(28)23-15-9-11-16(29-2)12-10-15/h5-12,18-19,26H,3-4H2,1-2H3,(H,23,28)/t18-,19-/m1/s1. The molecule has 2 atom stereocenters. The van der Waals surface area contributed by atoms with E-state index in [-0.39, 0.29) is 11.9 Å². The van der Waals surface area contributed by atoms with E-state index in [0.29, 0.717) is 15.9 Å². The molecule has 0 aliphatic carbocycles. The summed E-state index contributed by atoms with van der Waals surface area (Å²) in [6.45, 7) is 2.10. The maximum Gasteiger partial charge on any atom is 0.240 e. The summed E-state index contributed by atoms with van der Waals surface area (Å²) in [5.74, 6) is 1.47. The van der Waals surface area contributed by atoms with Crippen molar-refractivity contribution in [3.8, 4) is 5.75 Å². The Hall–Kier alpha value is -2.71. The van der Waals surface area contributed by atoms with Gasteiger partial charge in [-0.1, -0.05) is 42.4 Å². The minimum Gasteiger partial charge on any atom is -0.497 e. The summed E-state index contributed by atoms with van der Waals surface area (Å²) in [5.41, 5.74) is 5.11. The van der Waals surface area contributed by atoms with Crippen molar-refractivity contribution in [3.63, 3.8) is 0 Å². The number of halogens is 1. The van der Waals surface area contributed by atoms with Crippen LogP contribution in [0.5, 0.6) is 5.75 Å². The molecule has 0 bridgehead atoms. The van der Waals surface area contributed by atoms with Crippen LogP contribution in [0.1, 0.15) is 30.8 Å². The van der Waals surface area contributed by atoms with Crippen molar-refractivity contribution in [2.75, 3.05) is 17.9 Å². The van der Waals surface area contributed by atoms with Crippen molar-refractivity contribution in [3.05, 3.63) is 64.9 Å². The number of aromatic nitrogens is 3. The molecule has 0 saturated heterocycles. The highest BCUT2D eigenvalue weighted by Gasteiger charge is 2.37. The zero-order valence-electron chi connectivity index (χ0n) is 16.6. The van der Waals surface area contributed by atoms with Crippen LogP contribution in [0.15, 0.2) is 53.7 Å². The van der Waals surface area contributed by atoms with Gasteiger partial charge in [-0.15, -0.1) is 10.2 Å². The van der Waals surface area contributed by atoms with E-state index in [1.807, 2.05) is 53.2 Å². The lowest BCUT2D eigenvalue weighted by molar-refractivity contribution is -0.116. The number of aryl methyl sites for hydroxylation is 1. The number of methoxy groups -OCH3 is 1. The van der Waals surface area contributed by atoms with Crippen molar-refractivity contribution >= 4 is 35.0 Å². The molecule has 2 aromatic carbocycles. The smallest absolute Gasteiger partial charge is 0.240 e. The van der Waals surface area contributed by atoms with Gasteiger partial charge >= 0.3 is 0 Å². The molecule has 2 N–H and O–H groups in total. The van der Waals surface area contributed by atoms with E-state index in [9.17, 15) is 4.79 Å². The SMILES string of the molecule is CCCc1nnc2n1N[C@H](c1ccc(Cl)cc1)[C@H](C(=O)Nc1ccc(OC)cc1)S2. The first-order valence-electron chi connectivity index (χ1n) is 9.67. The minimum absolute atomic E-state index is 0.121. The lowest BCUT2D eigenvalue weighted by Gasteiger charge is -2.33. The molecule has 1 aliphatic heterocycles. The van der Waals surface area contributed by atoms with Crippen LogP contribution >= 0.6 is 23.4 Å². The predicted octanol–water partition coefficient (Wildman–Crippen LogP) is 4.29. The Balaban J connectivity index is 1.63. The Morgan fingerprint density at radius 1 is 1.20 bits per heavy atom. The number of amides is 1. The first kappa shape index (κ1) is 20.6. The van der Waals surface area contributed by atoms with Crippen LogP contribution in [-0.4, -0.2) is 33.1 Å². The van der Waals surface area contributed by atoms with E-state index in [2.05, 4.69) is 27.9 Å². The van der Waals surface area contributed by atoms with Gasteiger partial charge in [0.05, 0.1) is 13.2 Å². The van der Waals surface area contributed by atoms with Crippen LogP contribution < -0.4 is 15.5 Å². The monoisotopic (exact) mass is 443 g/mol. The molecule has 2 heterocycles. The van der Waals surface area contributed by atoms with Crippen LogP contribution in [0.4, 0.5) is 5.69 Å². The maximum absolute atomic E-state index is 13.2. The summed E-state index contributed by atoms with van der Waals surface area (Å²) in [6.07, 6.45) is 1.76. The fraction of sp³-hybridized carbons (Fsp3) is 0.286. The topological polar surface area (TPSA) is 81.1 Å². The molecule has 1 aromatic heterocycles. The fourth-order valence-electron chi connectivity index (χ4n) is 3.29. The number of hydrogen-bond acceptors (Lipinski definition) is 6. The molecule has 0 spiro atoms. The van der Waals surface area contributed by atoms with Gasteiger partial charge in [0.25, 0.3) is 0 Å². The lowest BCUT2D eigenvalue weighted by atomic mass is 10.0. The van der Waals surface area contributed by atoms with E-state index < -0.39 is 5.25 Å². The molecular formula is C21H22ClN5O2S. The van der Waals surface area contributed by atoms with Gasteiger partial charge in [-0.2, -0.15) is 0 Å². The lowest BCUT2D eigenvalue weighted by Crippen LogP contribution is -2.41. The number of thioether (sulfide) groups is 1. The van der Waals surface area contributed by atoms with Crippen molar-refractivity contribution in [2.45, 2.75) is 36.2 Å². The third-order valence-corrected chi connectivity index (χ3v) is 6.29. The molecule has 1 amide bonds. The largest absolute Gasteiger partial charge is 0.497 e. The number of benzene rings is 2. The van der Waals surface area contributed by atoms with Crippen LogP contribution in [-0.2, 0) is 11.2 Å². The average molecular weight is 444 g/mol. The number of nitrogens with one attached hydrogen (secondary N) is 2. The molecule has 0 saturated carbocycles. The number of hydrogen-bond donors (Lipinski definition) is 2. The Bertz CT molecular complexity index is 1020. The predicted molar refractivity (Wildman–Crippen MR) is 119 cm³/mol. The highest BCUT2D eigenvalue weighted by atomic mass is 35.5. The maximum atomic E-state index is 13.2. The molecule has 0 unspecified atom stereocenters. The molecular weight excluding hydrogens is 422 g/mol. The summed E-state index contributed by atoms with van der Waals surface area (Å²) in [7, 11) is 1.61. The fourth-order valence-corrected chi connectivity index (χ4v) is 4.52. The molecule has 30 heavy (non-hydrogen) atoms. The second-order valence-corrected chi connectivity index (χ2v) is 8.44. The number of nitrogens with zero attached hydrogens (tertiary/aromatic N) is 3. The summed E-state index contributed by atoms with van der Waals surface area (Å²) in [6, 6.07) is 14.5. The highest BCUT2D eigenvalue weighted by Crippen LogP contribution is 2.38. The number of anilines is 1. The molecule has 0 fully saturated rings. The zero-order chi connectivity index (χ0) is 21.1. The molecule has 156 valence electrons. The minimum atomic E-state index is -0.445. The Morgan fingerprint density at radius 2 is 1.93 bits per heavy atom. The molecule has 3 aromatic rings. The van der Waals surface area contributed by atoms with Gasteiger partial charge in [0.1, 0.15) is 11.0 Å². The van der Waals surface area contributed by atoms with Gasteiger partial charge in [0, 0.05) is 17.1 Å². The van der Waals surface area contributed by atoms with E-state index >= 15 is 0 Å². The van der Waals surface area contributed by atoms with E-state index in [1.54, 1.807) is 7.11 Å². The van der Waals surface area contributed by atoms with Gasteiger partial charge in [-0.05, 0) is 48.4 Å². The zero-order valence-corrected chi connectivity index (χ0v) is 18.2. The van der Waals surface area contributed by atoms with Gasteiger partial charge in [0.2, 0.25) is 11.1 Å². The normalized spacial score (nSPS) is 17.7. The van der Waals surface area contributed by atoms with Gasteiger partial charge in [0.15, 0.2) is 5.82 Å². The summed E-state index contributed by atoms with van der Waals surface area (Å²) >= 11 is 7.47. The summed E-state index contributed by atoms with van der Waals surface area (Å²) < 4.78 is 7.07. The van der Waals surface area contributed by atoms with Crippen LogP contribution in [0, 0.1) is 0 Å². The summed E-state index contributed by atoms with van der Waals surface area (Å²) in [5, 5.41) is 12.4. The number of carbonyl (C=O) groups excluding carboxylic acids is 1. The number of rotatable bonds is 6. The second kappa shape index (κ2) is 8.97. The number of fused-ring (bicyclic) bond motifs is 1. The molecule has 4 rings (SSSR count). The van der Waals surface area contributed by atoms with Crippen LogP contribution in [0.25, 0.3) is 0 Å². The van der Waals surface area contributed by atoms with Crippen molar-refractivity contribution in [1.82, 2.24) is 14.9 Å². The first-order valence-corrected chi connectivity index (χ1v) is 10.9. The van der Waals surface area contributed by atoms with Crippen LogP contribution in [0.2, 0.25) is 5.02 Å². The summed E-state index contributed by atoms with van der Waals surface area (Å²) in [4.78, 5) is 13.2. The Labute approximate surface area is 184 Å². The highest BCUT2D eigenvalue weighted by molar-refractivity contribution is 8.00. The molecule has 9 heteroatoms. The quantitative estimate of drug-likeness (QED) is 0.591. The van der Waals surface area contributed by atoms with E-state index in [1.165, 1.54) is 11.8 Å². The first-order chi connectivity index (χ1) is 14.6. The Kier molecular flexibility index (Phi) is 6.15. The molecule has 7 nitrogen and oxygen atoms in total. The third kappa shape index (κ3) is 4.24. The van der Waals surface area contributed by atoms with Crippen molar-refractivity contribution < 1.29 is 9.53 Å². The third-order valence-electron chi connectivity index (χ3n) is 4.82. The molecule has 1 aliphatic rings. The van der Waals surface area contributed by atoms with Crippen LogP contribution in [0.3, 0.4) is 0 Å². The van der Waals surface area contributed by atoms with Gasteiger partial charge in [-0.3, -0.25) is 4.79 Å². The molecule has 0 radical (unpaired) electrons. The van der Waals surface area contributed by atoms with Gasteiger partial charge < -0.3 is 15.5 Å². The van der Waals surface area contributed by atoms with Gasteiger partial charge in [-0.25, -0.2) is 4.68 Å². The van der Waals surface area contributed by atoms with Crippen molar-refractivity contribution in [2.24, 2.45) is 0 Å².